The number of rotatable bonds is 7. The summed E-state index contributed by atoms with van der Waals surface area (Å²) in [4.78, 5) is 12.0. The van der Waals surface area contributed by atoms with Crippen LogP contribution in [0.5, 0.6) is 5.75 Å². The molecule has 1 amide bonds. The number of hydrogen-bond donors (Lipinski definition) is 1. The van der Waals surface area contributed by atoms with Gasteiger partial charge in [0.15, 0.2) is 0 Å². The molecule has 0 aliphatic rings. The van der Waals surface area contributed by atoms with E-state index >= 15 is 0 Å². The molecule has 1 N–H and O–H groups in total. The van der Waals surface area contributed by atoms with Crippen LogP contribution in [0.1, 0.15) is 23.9 Å². The summed E-state index contributed by atoms with van der Waals surface area (Å²) in [6, 6.07) is 7.33. The Morgan fingerprint density at radius 3 is 2.80 bits per heavy atom. The number of benzene rings is 1. The molecule has 1 aromatic carbocycles. The number of amides is 1. The molecule has 0 bridgehead atoms. The molecular formula is C19H24ClN3O2. The Kier molecular flexibility index (Phi) is 6.65. The van der Waals surface area contributed by atoms with Gasteiger partial charge < -0.3 is 10.1 Å². The second-order valence-electron chi connectivity index (χ2n) is 6.18. The van der Waals surface area contributed by atoms with E-state index in [-0.39, 0.29) is 11.8 Å². The van der Waals surface area contributed by atoms with Gasteiger partial charge in [0.1, 0.15) is 5.75 Å². The van der Waals surface area contributed by atoms with E-state index in [2.05, 4.69) is 17.3 Å². The van der Waals surface area contributed by atoms with E-state index in [1.165, 1.54) is 6.08 Å². The van der Waals surface area contributed by atoms with Crippen LogP contribution in [0.2, 0.25) is 5.02 Å². The molecule has 0 saturated heterocycles. The molecule has 0 fully saturated rings. The average molecular weight is 362 g/mol. The first kappa shape index (κ1) is 19.1. The molecule has 0 aliphatic carbocycles. The molecular weight excluding hydrogens is 338 g/mol. The van der Waals surface area contributed by atoms with Gasteiger partial charge in [0.05, 0.1) is 12.8 Å². The number of aromatic nitrogens is 2. The minimum Gasteiger partial charge on any atom is -0.496 e. The van der Waals surface area contributed by atoms with Crippen LogP contribution in [-0.4, -0.2) is 29.3 Å². The molecule has 2 rings (SSSR count). The van der Waals surface area contributed by atoms with Crippen molar-refractivity contribution < 1.29 is 9.53 Å². The van der Waals surface area contributed by atoms with Crippen LogP contribution in [0, 0.1) is 19.8 Å². The van der Waals surface area contributed by atoms with Crippen molar-refractivity contribution in [1.82, 2.24) is 15.1 Å². The lowest BCUT2D eigenvalue weighted by molar-refractivity contribution is -0.116. The zero-order valence-electron chi connectivity index (χ0n) is 15.0. The van der Waals surface area contributed by atoms with Crippen molar-refractivity contribution >= 4 is 23.6 Å². The largest absolute Gasteiger partial charge is 0.496 e. The standard InChI is InChI=1S/C19H24ClN3O2/c1-13(12-23-15(3)9-14(2)22-23)11-21-19(24)8-5-16-10-17(20)6-7-18(16)25-4/h5-10,13H,11-12H2,1-4H3,(H,21,24). The highest BCUT2D eigenvalue weighted by Gasteiger charge is 2.08. The lowest BCUT2D eigenvalue weighted by atomic mass is 10.1. The first-order valence-electron chi connectivity index (χ1n) is 8.19. The number of carbonyl (C=O) groups is 1. The molecule has 0 radical (unpaired) electrons. The average Bonchev–Trinajstić information content (AvgIpc) is 2.88. The SMILES string of the molecule is COc1ccc(Cl)cc1C=CC(=O)NCC(C)Cn1nc(C)cc1C. The van der Waals surface area contributed by atoms with Crippen molar-refractivity contribution in [2.45, 2.75) is 27.3 Å². The van der Waals surface area contributed by atoms with Crippen LogP contribution < -0.4 is 10.1 Å². The number of nitrogens with zero attached hydrogens (tertiary/aromatic N) is 2. The number of methoxy groups -OCH3 is 1. The Morgan fingerprint density at radius 1 is 1.40 bits per heavy atom. The number of nitrogens with one attached hydrogen (secondary N) is 1. The molecule has 1 atom stereocenters. The molecule has 0 saturated carbocycles. The normalized spacial score (nSPS) is 12.4. The Labute approximate surface area is 153 Å². The summed E-state index contributed by atoms with van der Waals surface area (Å²) >= 11 is 5.99. The van der Waals surface area contributed by atoms with Gasteiger partial charge in [-0.2, -0.15) is 5.10 Å². The van der Waals surface area contributed by atoms with Crippen LogP contribution in [0.4, 0.5) is 0 Å². The maximum absolute atomic E-state index is 12.0. The first-order valence-corrected chi connectivity index (χ1v) is 8.57. The molecule has 134 valence electrons. The van der Waals surface area contributed by atoms with Gasteiger partial charge in [-0.15, -0.1) is 0 Å². The quantitative estimate of drug-likeness (QED) is 0.766. The van der Waals surface area contributed by atoms with Crippen LogP contribution in [0.15, 0.2) is 30.3 Å². The Bertz CT molecular complexity index is 768. The monoisotopic (exact) mass is 361 g/mol. The fraction of sp³-hybridized carbons (Fsp3) is 0.368. The summed E-state index contributed by atoms with van der Waals surface area (Å²) in [6.07, 6.45) is 3.19. The molecule has 1 heterocycles. The van der Waals surface area contributed by atoms with Crippen molar-refractivity contribution in [2.24, 2.45) is 5.92 Å². The number of hydrogen-bond acceptors (Lipinski definition) is 3. The van der Waals surface area contributed by atoms with Gasteiger partial charge in [-0.3, -0.25) is 9.48 Å². The maximum atomic E-state index is 12.0. The second kappa shape index (κ2) is 8.72. The third kappa shape index (κ3) is 5.64. The van der Waals surface area contributed by atoms with Crippen LogP contribution in [0.3, 0.4) is 0 Å². The third-order valence-electron chi connectivity index (χ3n) is 3.82. The van der Waals surface area contributed by atoms with E-state index in [0.29, 0.717) is 17.3 Å². The zero-order chi connectivity index (χ0) is 18.4. The summed E-state index contributed by atoms with van der Waals surface area (Å²) in [5, 5.41) is 7.95. The van der Waals surface area contributed by atoms with Gasteiger partial charge >= 0.3 is 0 Å². The van der Waals surface area contributed by atoms with Gasteiger partial charge in [-0.05, 0) is 50.1 Å². The first-order chi connectivity index (χ1) is 11.9. The van der Waals surface area contributed by atoms with E-state index in [4.69, 9.17) is 16.3 Å². The van der Waals surface area contributed by atoms with Gasteiger partial charge in [-0.1, -0.05) is 18.5 Å². The lowest BCUT2D eigenvalue weighted by Crippen LogP contribution is -2.29. The Morgan fingerprint density at radius 2 is 2.16 bits per heavy atom. The van der Waals surface area contributed by atoms with Crippen LogP contribution in [0.25, 0.3) is 6.08 Å². The number of carbonyl (C=O) groups excluding carboxylic acids is 1. The van der Waals surface area contributed by atoms with E-state index in [0.717, 1.165) is 23.5 Å². The number of ether oxygens (including phenoxy) is 1. The predicted octanol–water partition coefficient (Wildman–Crippen LogP) is 3.63. The van der Waals surface area contributed by atoms with Gasteiger partial charge in [0.2, 0.25) is 5.91 Å². The fourth-order valence-corrected chi connectivity index (χ4v) is 2.73. The Hall–Kier alpha value is -2.27. The molecule has 0 aliphatic heterocycles. The van der Waals surface area contributed by atoms with Crippen molar-refractivity contribution in [3.8, 4) is 5.75 Å². The Balaban J connectivity index is 1.88. The van der Waals surface area contributed by atoms with E-state index in [1.807, 2.05) is 24.6 Å². The molecule has 5 nitrogen and oxygen atoms in total. The lowest BCUT2D eigenvalue weighted by Gasteiger charge is -2.13. The molecule has 6 heteroatoms. The fourth-order valence-electron chi connectivity index (χ4n) is 2.55. The third-order valence-corrected chi connectivity index (χ3v) is 4.05. The van der Waals surface area contributed by atoms with E-state index in [1.54, 1.807) is 31.4 Å². The van der Waals surface area contributed by atoms with Gasteiger partial charge in [0, 0.05) is 35.4 Å². The summed E-state index contributed by atoms with van der Waals surface area (Å²) in [5.74, 6) is 0.796. The van der Waals surface area contributed by atoms with E-state index < -0.39 is 0 Å². The second-order valence-corrected chi connectivity index (χ2v) is 6.62. The van der Waals surface area contributed by atoms with Gasteiger partial charge in [0.25, 0.3) is 0 Å². The topological polar surface area (TPSA) is 56.1 Å². The minimum absolute atomic E-state index is 0.151. The molecule has 2 aromatic rings. The number of aryl methyl sites for hydroxylation is 2. The smallest absolute Gasteiger partial charge is 0.244 e. The molecule has 0 spiro atoms. The van der Waals surface area contributed by atoms with Crippen molar-refractivity contribution in [2.75, 3.05) is 13.7 Å². The highest BCUT2D eigenvalue weighted by Crippen LogP contribution is 2.23. The highest BCUT2D eigenvalue weighted by molar-refractivity contribution is 6.30. The number of halogens is 1. The van der Waals surface area contributed by atoms with Crippen LogP contribution in [-0.2, 0) is 11.3 Å². The summed E-state index contributed by atoms with van der Waals surface area (Å²) < 4.78 is 7.23. The minimum atomic E-state index is -0.151. The molecule has 1 aromatic heterocycles. The zero-order valence-corrected chi connectivity index (χ0v) is 15.8. The van der Waals surface area contributed by atoms with Crippen LogP contribution >= 0.6 is 11.6 Å². The highest BCUT2D eigenvalue weighted by atomic mass is 35.5. The maximum Gasteiger partial charge on any atom is 0.244 e. The molecule has 1 unspecified atom stereocenters. The van der Waals surface area contributed by atoms with E-state index in [9.17, 15) is 4.79 Å². The van der Waals surface area contributed by atoms with Gasteiger partial charge in [-0.25, -0.2) is 0 Å². The van der Waals surface area contributed by atoms with Crippen molar-refractivity contribution in [1.29, 1.82) is 0 Å². The summed E-state index contributed by atoms with van der Waals surface area (Å²) in [6.45, 7) is 7.44. The van der Waals surface area contributed by atoms with Crippen molar-refractivity contribution in [3.05, 3.63) is 52.3 Å². The van der Waals surface area contributed by atoms with Crippen molar-refractivity contribution in [3.63, 3.8) is 0 Å². The summed E-state index contributed by atoms with van der Waals surface area (Å²) in [7, 11) is 1.58. The molecule has 25 heavy (non-hydrogen) atoms. The summed E-state index contributed by atoms with van der Waals surface area (Å²) in [5.41, 5.74) is 2.90. The predicted molar refractivity (Wildman–Crippen MR) is 101 cm³/mol.